The SMILES string of the molecule is CN(CCNC(=O)OC(C)(C)C)c1cc2c(cc1[N+](=O)[O-])C=NC2. The molecule has 0 spiro atoms. The van der Waals surface area contributed by atoms with E-state index in [9.17, 15) is 14.9 Å². The molecule has 1 heterocycles. The summed E-state index contributed by atoms with van der Waals surface area (Å²) in [4.78, 5) is 28.4. The van der Waals surface area contributed by atoms with Crippen molar-refractivity contribution >= 4 is 23.7 Å². The van der Waals surface area contributed by atoms with E-state index in [2.05, 4.69) is 10.3 Å². The number of alkyl carbamates (subject to hydrolysis) is 1. The van der Waals surface area contributed by atoms with E-state index in [-0.39, 0.29) is 5.69 Å². The van der Waals surface area contributed by atoms with Crippen LogP contribution in [0, 0.1) is 10.1 Å². The number of nitrogens with one attached hydrogen (secondary N) is 1. The molecule has 130 valence electrons. The van der Waals surface area contributed by atoms with Gasteiger partial charge in [-0.2, -0.15) is 0 Å². The Labute approximate surface area is 140 Å². The average molecular weight is 334 g/mol. The Kier molecular flexibility index (Phi) is 5.06. The van der Waals surface area contributed by atoms with E-state index < -0.39 is 16.6 Å². The van der Waals surface area contributed by atoms with Crippen molar-refractivity contribution in [3.8, 4) is 0 Å². The molecule has 1 aliphatic heterocycles. The molecule has 24 heavy (non-hydrogen) atoms. The molecule has 1 aliphatic rings. The standard InChI is InChI=1S/C16H22N4O4/c1-16(2,3)24-15(21)18-5-6-19(4)13-7-11-9-17-10-12(11)8-14(13)20(22)23/h7-8,10H,5-6,9H2,1-4H3,(H,18,21). The zero-order valence-corrected chi connectivity index (χ0v) is 14.3. The van der Waals surface area contributed by atoms with Crippen LogP contribution >= 0.6 is 0 Å². The molecule has 0 unspecified atom stereocenters. The molecule has 8 heteroatoms. The summed E-state index contributed by atoms with van der Waals surface area (Å²) in [5.41, 5.74) is 1.72. The van der Waals surface area contributed by atoms with Crippen LogP contribution in [0.25, 0.3) is 0 Å². The van der Waals surface area contributed by atoms with Crippen LogP contribution in [0.2, 0.25) is 0 Å². The normalized spacial score (nSPS) is 12.7. The molecular weight excluding hydrogens is 312 g/mol. The number of rotatable bonds is 5. The quantitative estimate of drug-likeness (QED) is 0.659. The third-order valence-electron chi connectivity index (χ3n) is 3.45. The Morgan fingerprint density at radius 1 is 1.46 bits per heavy atom. The van der Waals surface area contributed by atoms with Gasteiger partial charge in [0.15, 0.2) is 0 Å². The molecule has 2 rings (SSSR count). The largest absolute Gasteiger partial charge is 0.444 e. The minimum Gasteiger partial charge on any atom is -0.444 e. The van der Waals surface area contributed by atoms with Gasteiger partial charge < -0.3 is 15.0 Å². The Balaban J connectivity index is 2.01. The molecule has 0 radical (unpaired) electrons. The van der Waals surface area contributed by atoms with Crippen molar-refractivity contribution in [3.05, 3.63) is 33.4 Å². The maximum absolute atomic E-state index is 11.6. The lowest BCUT2D eigenvalue weighted by Gasteiger charge is -2.22. The van der Waals surface area contributed by atoms with Gasteiger partial charge in [0.1, 0.15) is 11.3 Å². The summed E-state index contributed by atoms with van der Waals surface area (Å²) in [6.45, 7) is 6.62. The number of aliphatic imine (C=N–C) groups is 1. The topological polar surface area (TPSA) is 97.1 Å². The average Bonchev–Trinajstić information content (AvgIpc) is 2.90. The highest BCUT2D eigenvalue weighted by Gasteiger charge is 2.22. The minimum absolute atomic E-state index is 0.0295. The molecule has 0 aliphatic carbocycles. The number of likely N-dealkylation sites (N-methyl/N-ethyl adjacent to an activating group) is 1. The van der Waals surface area contributed by atoms with E-state index in [0.717, 1.165) is 11.1 Å². The van der Waals surface area contributed by atoms with Gasteiger partial charge in [0.05, 0.1) is 11.5 Å². The van der Waals surface area contributed by atoms with Gasteiger partial charge in [-0.25, -0.2) is 4.79 Å². The summed E-state index contributed by atoms with van der Waals surface area (Å²) in [6.07, 6.45) is 1.14. The Bertz CT molecular complexity index is 679. The number of amides is 1. The summed E-state index contributed by atoms with van der Waals surface area (Å²) < 4.78 is 5.15. The van der Waals surface area contributed by atoms with Crippen LogP contribution in [0.3, 0.4) is 0 Å². The molecule has 0 saturated carbocycles. The van der Waals surface area contributed by atoms with Gasteiger partial charge in [-0.05, 0) is 32.4 Å². The van der Waals surface area contributed by atoms with Crippen LogP contribution in [0.15, 0.2) is 17.1 Å². The first-order chi connectivity index (χ1) is 11.2. The summed E-state index contributed by atoms with van der Waals surface area (Å²) in [5, 5.41) is 14.0. The lowest BCUT2D eigenvalue weighted by Crippen LogP contribution is -2.37. The monoisotopic (exact) mass is 334 g/mol. The first kappa shape index (κ1) is 17.7. The van der Waals surface area contributed by atoms with Gasteiger partial charge in [0.25, 0.3) is 5.69 Å². The Morgan fingerprint density at radius 2 is 2.17 bits per heavy atom. The van der Waals surface area contributed by atoms with E-state index in [1.54, 1.807) is 51.1 Å². The van der Waals surface area contributed by atoms with Crippen molar-refractivity contribution < 1.29 is 14.5 Å². The fraction of sp³-hybridized carbons (Fsp3) is 0.500. The fourth-order valence-electron chi connectivity index (χ4n) is 2.35. The fourth-order valence-corrected chi connectivity index (χ4v) is 2.35. The number of hydrogen-bond acceptors (Lipinski definition) is 6. The third-order valence-corrected chi connectivity index (χ3v) is 3.45. The van der Waals surface area contributed by atoms with Gasteiger partial charge >= 0.3 is 6.09 Å². The number of fused-ring (bicyclic) bond motifs is 1. The predicted molar refractivity (Wildman–Crippen MR) is 91.9 cm³/mol. The zero-order valence-electron chi connectivity index (χ0n) is 14.3. The number of carbonyl (C=O) groups excluding carboxylic acids is 1. The number of ether oxygens (including phenoxy) is 1. The van der Waals surface area contributed by atoms with E-state index in [1.165, 1.54) is 0 Å². The van der Waals surface area contributed by atoms with Gasteiger partial charge in [0.2, 0.25) is 0 Å². The number of nitro benzene ring substituents is 1. The second-order valence-corrected chi connectivity index (χ2v) is 6.62. The highest BCUT2D eigenvalue weighted by Crippen LogP contribution is 2.32. The van der Waals surface area contributed by atoms with E-state index >= 15 is 0 Å². The highest BCUT2D eigenvalue weighted by molar-refractivity contribution is 5.88. The van der Waals surface area contributed by atoms with Crippen molar-refractivity contribution in [2.75, 3.05) is 25.0 Å². The highest BCUT2D eigenvalue weighted by atomic mass is 16.6. The number of carbonyl (C=O) groups is 1. The first-order valence-electron chi connectivity index (χ1n) is 7.66. The summed E-state index contributed by atoms with van der Waals surface area (Å²) >= 11 is 0. The summed E-state index contributed by atoms with van der Waals surface area (Å²) in [6, 6.07) is 3.33. The number of anilines is 1. The molecule has 0 saturated heterocycles. The second-order valence-electron chi connectivity index (χ2n) is 6.62. The molecule has 1 amide bonds. The Hall–Kier alpha value is -2.64. The minimum atomic E-state index is -0.561. The van der Waals surface area contributed by atoms with Crippen LogP contribution in [0.4, 0.5) is 16.2 Å². The molecule has 0 atom stereocenters. The molecule has 0 fully saturated rings. The molecular formula is C16H22N4O4. The molecule has 0 bridgehead atoms. The number of nitrogens with zero attached hydrogens (tertiary/aromatic N) is 3. The van der Waals surface area contributed by atoms with Gasteiger partial charge in [-0.1, -0.05) is 0 Å². The van der Waals surface area contributed by atoms with Crippen molar-refractivity contribution in [2.24, 2.45) is 4.99 Å². The Morgan fingerprint density at radius 3 is 2.79 bits per heavy atom. The number of nitro groups is 1. The first-order valence-corrected chi connectivity index (χ1v) is 7.66. The van der Waals surface area contributed by atoms with E-state index in [1.807, 2.05) is 0 Å². The predicted octanol–water partition coefficient (Wildman–Crippen LogP) is 2.49. The molecule has 1 aromatic carbocycles. The molecule has 8 nitrogen and oxygen atoms in total. The second kappa shape index (κ2) is 6.86. The van der Waals surface area contributed by atoms with Crippen molar-refractivity contribution in [3.63, 3.8) is 0 Å². The van der Waals surface area contributed by atoms with Crippen molar-refractivity contribution in [1.29, 1.82) is 0 Å². The molecule has 0 aromatic heterocycles. The maximum Gasteiger partial charge on any atom is 0.407 e. The smallest absolute Gasteiger partial charge is 0.407 e. The van der Waals surface area contributed by atoms with E-state index in [0.29, 0.717) is 25.3 Å². The number of hydrogen-bond donors (Lipinski definition) is 1. The van der Waals surface area contributed by atoms with Gasteiger partial charge in [-0.3, -0.25) is 15.1 Å². The van der Waals surface area contributed by atoms with Crippen molar-refractivity contribution in [2.45, 2.75) is 32.9 Å². The van der Waals surface area contributed by atoms with Crippen molar-refractivity contribution in [1.82, 2.24) is 5.32 Å². The summed E-state index contributed by atoms with van der Waals surface area (Å²) in [5.74, 6) is 0. The van der Waals surface area contributed by atoms with E-state index in [4.69, 9.17) is 4.74 Å². The zero-order chi connectivity index (χ0) is 17.9. The van der Waals surface area contributed by atoms with Crippen LogP contribution in [-0.2, 0) is 11.3 Å². The van der Waals surface area contributed by atoms with Crippen LogP contribution in [0.1, 0.15) is 31.9 Å². The van der Waals surface area contributed by atoms with Crippen LogP contribution in [-0.4, -0.2) is 43.0 Å². The lowest BCUT2D eigenvalue weighted by molar-refractivity contribution is -0.384. The lowest BCUT2D eigenvalue weighted by atomic mass is 10.1. The number of benzene rings is 1. The third kappa shape index (κ3) is 4.43. The molecule has 1 N–H and O–H groups in total. The van der Waals surface area contributed by atoms with Crippen LogP contribution < -0.4 is 10.2 Å². The van der Waals surface area contributed by atoms with Gasteiger partial charge in [0, 0.05) is 38.0 Å². The maximum atomic E-state index is 11.6. The van der Waals surface area contributed by atoms with Crippen LogP contribution in [0.5, 0.6) is 0 Å². The molecule has 1 aromatic rings. The summed E-state index contributed by atoms with van der Waals surface area (Å²) in [7, 11) is 1.75. The van der Waals surface area contributed by atoms with Gasteiger partial charge in [-0.15, -0.1) is 0 Å².